The topological polar surface area (TPSA) is 50.9 Å². The van der Waals surface area contributed by atoms with Gasteiger partial charge in [0.1, 0.15) is 11.6 Å². The zero-order valence-electron chi connectivity index (χ0n) is 57.1. The summed E-state index contributed by atoms with van der Waals surface area (Å²) >= 11 is 0. The van der Waals surface area contributed by atoms with E-state index in [1.165, 1.54) is 28.8 Å². The summed E-state index contributed by atoms with van der Waals surface area (Å²) in [5.41, 5.74) is -4.77. The Bertz CT molecular complexity index is 4150. The van der Waals surface area contributed by atoms with Crippen molar-refractivity contribution < 1.29 is 55.0 Å². The molecule has 1 N–H and O–H groups in total. The zero-order chi connectivity index (χ0) is 64.0. The number of phenolic OH excluding ortho intramolecular Hbond substituents is 1. The van der Waals surface area contributed by atoms with Crippen LogP contribution >= 0.6 is 0 Å². The first kappa shape index (κ1) is 27.0. The number of fused-ring (bicyclic) bond motifs is 1. The quantitative estimate of drug-likeness (QED) is 0.154. The van der Waals surface area contributed by atoms with Gasteiger partial charge < -0.3 is 5.11 Å². The van der Waals surface area contributed by atoms with Crippen LogP contribution in [0.3, 0.4) is 0 Å². The van der Waals surface area contributed by atoms with Crippen molar-refractivity contribution in [3.8, 4) is 89.7 Å². The molecular weight excluding hydrogens is 1010 g/mol. The number of pyridine rings is 1. The van der Waals surface area contributed by atoms with Gasteiger partial charge in [0.25, 0.3) is 0 Å². The first-order chi connectivity index (χ1) is 41.0. The molecule has 0 aliphatic carbocycles. The predicted octanol–water partition coefficient (Wildman–Crippen LogP) is 16.5. The third-order valence-corrected chi connectivity index (χ3v) is 11.8. The maximum absolute atomic E-state index is 13.0. The molecule has 10 aromatic rings. The van der Waals surface area contributed by atoms with Gasteiger partial charge in [-0.05, 0) is 98.1 Å². The second-order valence-corrected chi connectivity index (χ2v) is 16.4. The van der Waals surface area contributed by atoms with Crippen molar-refractivity contribution >= 4 is 11.0 Å². The summed E-state index contributed by atoms with van der Waals surface area (Å²) < 4.78 is 185. The maximum atomic E-state index is 13.0. The normalized spacial score (nSPS) is 17.6. The van der Waals surface area contributed by atoms with E-state index in [1.807, 2.05) is 109 Å². The van der Waals surface area contributed by atoms with Gasteiger partial charge in [-0.1, -0.05) is 203 Å². The van der Waals surface area contributed by atoms with E-state index in [2.05, 4.69) is 6.07 Å². The van der Waals surface area contributed by atoms with Gasteiger partial charge in [0.15, 0.2) is 0 Å². The van der Waals surface area contributed by atoms with E-state index in [9.17, 15) is 5.11 Å². The monoisotopic (exact) mass is 1080 g/mol. The molecule has 0 fully saturated rings. The van der Waals surface area contributed by atoms with Crippen LogP contribution in [0, 0.1) is 12.9 Å². The molecule has 0 amide bonds. The molecule has 8 aromatic carbocycles. The molecule has 0 spiro atoms. The number of hydrogen-bond acceptors (Lipinski definition) is 3. The van der Waals surface area contributed by atoms with Crippen molar-refractivity contribution in [2.24, 2.45) is 0 Å². The Labute approximate surface area is 444 Å². The molecule has 338 valence electrons. The van der Waals surface area contributed by atoms with Crippen LogP contribution in [0.25, 0.3) is 95.0 Å². The Hall–Kier alpha value is -7.13. The van der Waals surface area contributed by atoms with E-state index in [4.69, 9.17) is 38.8 Å². The van der Waals surface area contributed by atoms with E-state index < -0.39 is 87.1 Å². The summed E-state index contributed by atoms with van der Waals surface area (Å²) in [6, 6.07) is 56.6. The number of aryl methyl sites for hydroxylation is 1. The van der Waals surface area contributed by atoms with Crippen molar-refractivity contribution in [1.29, 1.82) is 0 Å². The van der Waals surface area contributed by atoms with Crippen LogP contribution in [-0.2, 0) is 31.9 Å². The Kier molecular flexibility index (Phi) is 7.35. The average Bonchev–Trinajstić information content (AvgIpc) is 1.09. The molecule has 0 aliphatic rings. The van der Waals surface area contributed by atoms with Crippen LogP contribution in [-0.4, -0.2) is 19.6 Å². The van der Waals surface area contributed by atoms with E-state index in [-0.39, 0.29) is 60.5 Å². The van der Waals surface area contributed by atoms with E-state index in [1.54, 1.807) is 48.7 Å². The summed E-state index contributed by atoms with van der Waals surface area (Å²) in [5, 5.41) is 13.0. The number of para-hydroxylation sites is 1. The Balaban J connectivity index is 0.00000941. The predicted molar refractivity (Wildman–Crippen MR) is 280 cm³/mol. The van der Waals surface area contributed by atoms with Gasteiger partial charge in [-0.2, -0.15) is 0 Å². The summed E-state index contributed by atoms with van der Waals surface area (Å²) in [6.07, 6.45) is 1.66. The summed E-state index contributed by atoms with van der Waals surface area (Å²) in [7, 11) is 0. The van der Waals surface area contributed by atoms with Crippen molar-refractivity contribution in [3.05, 3.63) is 217 Å². The molecule has 10 rings (SSSR count). The number of phenols is 1. The van der Waals surface area contributed by atoms with Crippen molar-refractivity contribution in [3.63, 3.8) is 0 Å². The molecule has 2 heterocycles. The first-order valence-corrected chi connectivity index (χ1v) is 21.4. The molecule has 0 atom stereocenters. The molecule has 0 unspecified atom stereocenters. The number of rotatable bonds is 8. The fraction of sp³-hybridized carbons (Fsp3) is 0.143. The minimum Gasteiger partial charge on any atom is -0.507 e. The van der Waals surface area contributed by atoms with Gasteiger partial charge in [-0.3, -0.25) is 9.55 Å². The third kappa shape index (κ3) is 9.02. The van der Waals surface area contributed by atoms with Crippen LogP contribution in [0.2, 0.25) is 0 Å². The molecule has 2 aromatic heterocycles. The second kappa shape index (κ2) is 18.5. The van der Waals surface area contributed by atoms with Crippen LogP contribution < -0.4 is 0 Å². The number of aromatic hydroxyl groups is 1. The van der Waals surface area contributed by atoms with Crippen LogP contribution in [0.4, 0.5) is 0 Å². The van der Waals surface area contributed by atoms with Crippen molar-refractivity contribution in [2.75, 3.05) is 0 Å². The fourth-order valence-electron chi connectivity index (χ4n) is 8.50. The Morgan fingerprint density at radius 2 is 1.13 bits per heavy atom. The minimum absolute atomic E-state index is 0. The molecular formula is C63H54N3OPt-. The van der Waals surface area contributed by atoms with Gasteiger partial charge in [0.2, 0.25) is 0 Å². The molecule has 4 nitrogen and oxygen atoms in total. The molecule has 5 heteroatoms. The largest absolute Gasteiger partial charge is 0.507 e. The first-order valence-electron chi connectivity index (χ1n) is 31.9. The van der Waals surface area contributed by atoms with Gasteiger partial charge in [0.05, 0.1) is 16.6 Å². The molecule has 0 bridgehead atoms. The molecule has 0 radical (unpaired) electrons. The third-order valence-electron chi connectivity index (χ3n) is 11.8. The van der Waals surface area contributed by atoms with Gasteiger partial charge >= 0.3 is 0 Å². The van der Waals surface area contributed by atoms with E-state index in [0.717, 1.165) is 27.8 Å². The standard InChI is InChI=1S/C63H54N3O.Pt/c1-41-34-52(30-31-53(41)46-22-15-10-16-23-46)66-58-25-17-24-54(59(58)65-61(66)55-39-51(62(2,3)4)40-56(60(55)67)63(5,6)7)49-35-48(43-20-13-9-14-21-43)36-50(37-49)57-38-47(32-33-64-57)45-28-26-44(27-29-45)42-18-11-8-12-19-42;/h8-36,38-40,67H,1-7H3;/q-1;/i1D3,2D3,3D3,4D3,5D3,6D3,7D3;. The molecule has 0 aliphatic heterocycles. The second-order valence-electron chi connectivity index (χ2n) is 16.4. The van der Waals surface area contributed by atoms with E-state index >= 15 is 0 Å². The van der Waals surface area contributed by atoms with Crippen LogP contribution in [0.15, 0.2) is 194 Å². The fourth-order valence-corrected chi connectivity index (χ4v) is 8.50. The van der Waals surface area contributed by atoms with Crippen LogP contribution in [0.1, 0.15) is 86.6 Å². The van der Waals surface area contributed by atoms with Gasteiger partial charge in [-0.15, -0.1) is 23.8 Å². The maximum Gasteiger partial charge on any atom is 0.148 e. The molecule has 0 saturated carbocycles. The van der Waals surface area contributed by atoms with Crippen molar-refractivity contribution in [1.82, 2.24) is 14.5 Å². The number of imidazole rings is 1. The number of nitrogens with zero attached hydrogens (tertiary/aromatic N) is 3. The summed E-state index contributed by atoms with van der Waals surface area (Å²) in [4.78, 5) is 9.85. The Morgan fingerprint density at radius 3 is 1.79 bits per heavy atom. The number of aromatic nitrogens is 3. The summed E-state index contributed by atoms with van der Waals surface area (Å²) in [5.74, 6) is -2.08. The zero-order valence-corrected chi connectivity index (χ0v) is 38.4. The molecule has 68 heavy (non-hydrogen) atoms. The van der Waals surface area contributed by atoms with Gasteiger partial charge in [0, 0.05) is 73.0 Å². The average molecular weight is 1090 g/mol. The number of hydrogen-bond donors (Lipinski definition) is 1. The number of benzene rings is 8. The Morgan fingerprint density at radius 1 is 0.515 bits per heavy atom. The van der Waals surface area contributed by atoms with Crippen LogP contribution in [0.5, 0.6) is 5.75 Å². The smallest absolute Gasteiger partial charge is 0.148 e. The molecule has 0 saturated heterocycles. The van der Waals surface area contributed by atoms with Crippen molar-refractivity contribution in [2.45, 2.75) is 58.8 Å². The van der Waals surface area contributed by atoms with Gasteiger partial charge in [-0.25, -0.2) is 4.98 Å². The minimum atomic E-state index is -4.22. The van der Waals surface area contributed by atoms with E-state index in [0.29, 0.717) is 34.0 Å². The SMILES string of the molecule is [2H]C([2H])([2H])c1cc(-n2c(-c3cc(C(C([2H])([2H])[2H])(C([2H])([2H])[2H])C([2H])([2H])[2H])cc(C(C([2H])([2H])[2H])(C([2H])([2H])[2H])C([2H])([2H])[2H])c3O)nc3c(-c4[c-]c(-c5cc(-c6ccc(-c7ccccc7)cc6)ccn5)cc(-c5ccccc5)c4)cccc32)ccc1-c1ccccc1.[Pt]. The summed E-state index contributed by atoms with van der Waals surface area (Å²) in [6.45, 7) is -27.8.